The second-order valence-electron chi connectivity index (χ2n) is 4.32. The van der Waals surface area contributed by atoms with Gasteiger partial charge in [0.2, 0.25) is 0 Å². The molecule has 0 radical (unpaired) electrons. The molecule has 0 amide bonds. The van der Waals surface area contributed by atoms with Crippen LogP contribution in [-0.4, -0.2) is 29.8 Å². The molecule has 3 nitrogen and oxygen atoms in total. The summed E-state index contributed by atoms with van der Waals surface area (Å²) >= 11 is 4.62. The van der Waals surface area contributed by atoms with Crippen molar-refractivity contribution in [2.45, 2.75) is 19.2 Å². The maximum atomic E-state index is 12.9. The summed E-state index contributed by atoms with van der Waals surface area (Å²) in [5, 5.41) is 9.25. The molecule has 0 aromatic heterocycles. The van der Waals surface area contributed by atoms with E-state index in [9.17, 15) is 18.3 Å². The highest BCUT2D eigenvalue weighted by molar-refractivity contribution is 7.80. The molecule has 106 valence electrons. The number of aliphatic hydroxyl groups is 1. The number of benzene rings is 1. The molecule has 0 aliphatic rings. The number of halogens is 3. The predicted octanol–water partition coefficient (Wildman–Crippen LogP) is 2.16. The Morgan fingerprint density at radius 2 is 2.05 bits per heavy atom. The van der Waals surface area contributed by atoms with Gasteiger partial charge in [-0.2, -0.15) is 13.2 Å². The van der Waals surface area contributed by atoms with Crippen LogP contribution in [0.2, 0.25) is 0 Å². The topological polar surface area (TPSA) is 49.5 Å². The van der Waals surface area contributed by atoms with E-state index in [1.54, 1.807) is 14.0 Å². The largest absolute Gasteiger partial charge is 0.417 e. The molecule has 0 bridgehead atoms. The maximum absolute atomic E-state index is 12.9. The third-order valence-corrected chi connectivity index (χ3v) is 2.77. The first-order valence-corrected chi connectivity index (χ1v) is 5.94. The Kier molecular flexibility index (Phi) is 4.75. The smallest absolute Gasteiger partial charge is 0.392 e. The van der Waals surface area contributed by atoms with Gasteiger partial charge in [-0.1, -0.05) is 12.2 Å². The Labute approximate surface area is 114 Å². The molecule has 0 spiro atoms. The molecule has 0 saturated carbocycles. The molecule has 1 unspecified atom stereocenters. The van der Waals surface area contributed by atoms with Crippen molar-refractivity contribution >= 4 is 22.9 Å². The number of rotatable bonds is 4. The van der Waals surface area contributed by atoms with E-state index in [4.69, 9.17) is 5.73 Å². The van der Waals surface area contributed by atoms with Crippen molar-refractivity contribution in [2.75, 3.05) is 18.5 Å². The Morgan fingerprint density at radius 3 is 2.47 bits per heavy atom. The Morgan fingerprint density at radius 1 is 1.47 bits per heavy atom. The SMILES string of the molecule is CC(O)CN(C)c1ccc(C(N)=S)c(C(F)(F)F)c1. The summed E-state index contributed by atoms with van der Waals surface area (Å²) in [6.07, 6.45) is -5.17. The van der Waals surface area contributed by atoms with E-state index < -0.39 is 17.8 Å². The van der Waals surface area contributed by atoms with Gasteiger partial charge in [0.1, 0.15) is 4.99 Å². The molecule has 1 rings (SSSR count). The number of hydrogen-bond acceptors (Lipinski definition) is 3. The van der Waals surface area contributed by atoms with Crippen LogP contribution in [0.4, 0.5) is 18.9 Å². The summed E-state index contributed by atoms with van der Waals surface area (Å²) in [7, 11) is 1.60. The minimum atomic E-state index is -4.53. The monoisotopic (exact) mass is 292 g/mol. The number of anilines is 1. The lowest BCUT2D eigenvalue weighted by molar-refractivity contribution is -0.137. The van der Waals surface area contributed by atoms with E-state index in [1.165, 1.54) is 17.0 Å². The molecule has 1 aromatic rings. The number of aliphatic hydroxyl groups excluding tert-OH is 1. The van der Waals surface area contributed by atoms with Crippen LogP contribution >= 0.6 is 12.2 Å². The van der Waals surface area contributed by atoms with Crippen LogP contribution in [0.15, 0.2) is 18.2 Å². The molecule has 0 fully saturated rings. The lowest BCUT2D eigenvalue weighted by atomic mass is 10.1. The summed E-state index contributed by atoms with van der Waals surface area (Å²) < 4.78 is 38.8. The zero-order chi connectivity index (χ0) is 14.8. The van der Waals surface area contributed by atoms with Crippen molar-refractivity contribution in [1.29, 1.82) is 0 Å². The van der Waals surface area contributed by atoms with Crippen LogP contribution in [0.3, 0.4) is 0 Å². The average Bonchev–Trinajstić information content (AvgIpc) is 2.25. The quantitative estimate of drug-likeness (QED) is 0.835. The normalized spacial score (nSPS) is 13.2. The van der Waals surface area contributed by atoms with Gasteiger partial charge in [-0.3, -0.25) is 0 Å². The molecule has 0 saturated heterocycles. The van der Waals surface area contributed by atoms with Gasteiger partial charge in [0.25, 0.3) is 0 Å². The molecule has 7 heteroatoms. The minimum Gasteiger partial charge on any atom is -0.392 e. The van der Waals surface area contributed by atoms with E-state index in [0.717, 1.165) is 6.07 Å². The number of thiocarbonyl (C=S) groups is 1. The van der Waals surface area contributed by atoms with Gasteiger partial charge in [0.15, 0.2) is 0 Å². The van der Waals surface area contributed by atoms with Crippen LogP contribution < -0.4 is 10.6 Å². The molecular formula is C12H15F3N2OS. The van der Waals surface area contributed by atoms with Crippen molar-refractivity contribution in [3.63, 3.8) is 0 Å². The number of nitrogens with two attached hydrogens (primary N) is 1. The first-order valence-electron chi connectivity index (χ1n) is 5.53. The number of likely N-dealkylation sites (N-methyl/N-ethyl adjacent to an activating group) is 1. The lowest BCUT2D eigenvalue weighted by Gasteiger charge is -2.23. The lowest BCUT2D eigenvalue weighted by Crippen LogP contribution is -2.27. The first kappa shape index (κ1) is 15.7. The van der Waals surface area contributed by atoms with Crippen molar-refractivity contribution in [3.8, 4) is 0 Å². The first-order chi connectivity index (χ1) is 8.62. The molecule has 1 atom stereocenters. The number of hydrogen-bond donors (Lipinski definition) is 2. The second kappa shape index (κ2) is 5.75. The highest BCUT2D eigenvalue weighted by Gasteiger charge is 2.34. The van der Waals surface area contributed by atoms with Gasteiger partial charge < -0.3 is 15.7 Å². The highest BCUT2D eigenvalue weighted by atomic mass is 32.1. The zero-order valence-corrected chi connectivity index (χ0v) is 11.3. The van der Waals surface area contributed by atoms with Crippen molar-refractivity contribution in [3.05, 3.63) is 29.3 Å². The molecule has 3 N–H and O–H groups in total. The van der Waals surface area contributed by atoms with E-state index >= 15 is 0 Å². The Hall–Kier alpha value is -1.34. The molecular weight excluding hydrogens is 277 g/mol. The van der Waals surface area contributed by atoms with Crippen LogP contribution in [0.1, 0.15) is 18.1 Å². The summed E-state index contributed by atoms with van der Waals surface area (Å²) in [4.78, 5) is 1.24. The third kappa shape index (κ3) is 4.07. The van der Waals surface area contributed by atoms with Crippen molar-refractivity contribution < 1.29 is 18.3 Å². The standard InChI is InChI=1S/C12H15F3N2OS/c1-7(18)6-17(2)8-3-4-9(11(16)19)10(5-8)12(13,14)15/h3-5,7,18H,6H2,1-2H3,(H2,16,19). The van der Waals surface area contributed by atoms with Gasteiger partial charge in [-0.05, 0) is 25.1 Å². The summed E-state index contributed by atoms with van der Waals surface area (Å²) in [5.41, 5.74) is 4.57. The third-order valence-electron chi connectivity index (χ3n) is 2.55. The molecule has 0 heterocycles. The predicted molar refractivity (Wildman–Crippen MR) is 72.3 cm³/mol. The maximum Gasteiger partial charge on any atom is 0.417 e. The van der Waals surface area contributed by atoms with Crippen molar-refractivity contribution in [1.82, 2.24) is 0 Å². The van der Waals surface area contributed by atoms with Crippen molar-refractivity contribution in [2.24, 2.45) is 5.73 Å². The van der Waals surface area contributed by atoms with Gasteiger partial charge in [-0.25, -0.2) is 0 Å². The molecule has 0 aliphatic heterocycles. The fourth-order valence-corrected chi connectivity index (χ4v) is 1.90. The Bertz CT molecular complexity index is 475. The Balaban J connectivity index is 3.22. The van der Waals surface area contributed by atoms with E-state index in [2.05, 4.69) is 12.2 Å². The molecule has 19 heavy (non-hydrogen) atoms. The zero-order valence-electron chi connectivity index (χ0n) is 10.5. The van der Waals surface area contributed by atoms with E-state index in [1.807, 2.05) is 0 Å². The van der Waals surface area contributed by atoms with Gasteiger partial charge in [0, 0.05) is 24.8 Å². The van der Waals surface area contributed by atoms with E-state index in [-0.39, 0.29) is 17.1 Å². The average molecular weight is 292 g/mol. The van der Waals surface area contributed by atoms with E-state index in [0.29, 0.717) is 5.69 Å². The fourth-order valence-electron chi connectivity index (χ4n) is 1.72. The molecule has 0 aliphatic carbocycles. The van der Waals surface area contributed by atoms with Gasteiger partial charge >= 0.3 is 6.18 Å². The summed E-state index contributed by atoms with van der Waals surface area (Å²) in [6, 6.07) is 3.72. The van der Waals surface area contributed by atoms with Gasteiger partial charge in [-0.15, -0.1) is 0 Å². The minimum absolute atomic E-state index is 0.198. The number of nitrogens with zero attached hydrogens (tertiary/aromatic N) is 1. The van der Waals surface area contributed by atoms with Crippen LogP contribution in [0, 0.1) is 0 Å². The second-order valence-corrected chi connectivity index (χ2v) is 4.76. The fraction of sp³-hybridized carbons (Fsp3) is 0.417. The number of alkyl halides is 3. The molecule has 1 aromatic carbocycles. The van der Waals surface area contributed by atoms with Crippen LogP contribution in [0.25, 0.3) is 0 Å². The summed E-state index contributed by atoms with van der Waals surface area (Å²) in [6.45, 7) is 1.79. The van der Waals surface area contributed by atoms with Crippen LogP contribution in [-0.2, 0) is 6.18 Å². The van der Waals surface area contributed by atoms with Gasteiger partial charge in [0.05, 0.1) is 11.7 Å². The highest BCUT2D eigenvalue weighted by Crippen LogP contribution is 2.34. The van der Waals surface area contributed by atoms with Crippen LogP contribution in [0.5, 0.6) is 0 Å². The summed E-state index contributed by atoms with van der Waals surface area (Å²) in [5.74, 6) is 0.